The molecule has 4 atom stereocenters. The van der Waals surface area contributed by atoms with Crippen molar-refractivity contribution in [3.05, 3.63) is 71.3 Å². The van der Waals surface area contributed by atoms with E-state index in [1.165, 1.54) is 14.0 Å². The summed E-state index contributed by atoms with van der Waals surface area (Å²) in [7, 11) is 1.53. The molecule has 0 amide bonds. The molecule has 0 saturated carbocycles. The van der Waals surface area contributed by atoms with Gasteiger partial charge < -0.3 is 18.9 Å². The number of epoxide rings is 1. The lowest BCUT2D eigenvalue weighted by atomic mass is 10.0. The fourth-order valence-corrected chi connectivity index (χ4v) is 4.14. The molecule has 0 aromatic heterocycles. The smallest absolute Gasteiger partial charge is 0.309 e. The van der Waals surface area contributed by atoms with E-state index in [0.717, 1.165) is 23.3 Å². The summed E-state index contributed by atoms with van der Waals surface area (Å²) < 4.78 is 21.8. The number of Topliss-reactive ketones (excluding diaryl/α,β-unsaturated/α-hetero) is 1. The number of benzene rings is 2. The Balaban J connectivity index is 1.56. The molecule has 0 spiro atoms. The summed E-state index contributed by atoms with van der Waals surface area (Å²) in [4.78, 5) is 37.1. The van der Waals surface area contributed by atoms with Crippen molar-refractivity contribution in [3.8, 4) is 0 Å². The predicted molar refractivity (Wildman–Crippen MR) is 139 cm³/mol. The molecule has 37 heavy (non-hydrogen) atoms. The molecule has 200 valence electrons. The third kappa shape index (κ3) is 10.9. The van der Waals surface area contributed by atoms with E-state index in [0.29, 0.717) is 25.7 Å². The van der Waals surface area contributed by atoms with Gasteiger partial charge in [-0.2, -0.15) is 0 Å². The van der Waals surface area contributed by atoms with Gasteiger partial charge in [0, 0.05) is 13.5 Å². The van der Waals surface area contributed by atoms with Gasteiger partial charge in [0.15, 0.2) is 0 Å². The molecule has 7 nitrogen and oxygen atoms in total. The van der Waals surface area contributed by atoms with E-state index < -0.39 is 24.1 Å². The van der Waals surface area contributed by atoms with E-state index in [4.69, 9.17) is 18.9 Å². The molecule has 7 heteroatoms. The average molecular weight is 511 g/mol. The van der Waals surface area contributed by atoms with Crippen molar-refractivity contribution in [1.29, 1.82) is 0 Å². The highest BCUT2D eigenvalue weighted by Gasteiger charge is 2.25. The van der Waals surface area contributed by atoms with Crippen LogP contribution in [0.15, 0.2) is 54.6 Å². The number of carbonyl (C=O) groups is 3. The molecule has 2 aromatic rings. The maximum Gasteiger partial charge on any atom is 0.309 e. The summed E-state index contributed by atoms with van der Waals surface area (Å²) >= 11 is 0. The van der Waals surface area contributed by atoms with Gasteiger partial charge in [0.25, 0.3) is 0 Å². The SMILES string of the molecule is COC(C)CC(=O)OC(CCc1ccccc1)CC(=O)OC(CCc1ccc(C2CO2)cc1)CC(C)=O. The first-order valence-electron chi connectivity index (χ1n) is 13.0. The Hall–Kier alpha value is -3.03. The summed E-state index contributed by atoms with van der Waals surface area (Å²) in [6.45, 7) is 4.05. The maximum absolute atomic E-state index is 12.9. The van der Waals surface area contributed by atoms with Crippen molar-refractivity contribution >= 4 is 17.7 Å². The number of rotatable bonds is 16. The van der Waals surface area contributed by atoms with E-state index in [9.17, 15) is 14.4 Å². The van der Waals surface area contributed by atoms with Gasteiger partial charge in [0.1, 0.15) is 24.1 Å². The molecule has 2 aromatic carbocycles. The van der Waals surface area contributed by atoms with E-state index in [2.05, 4.69) is 12.1 Å². The zero-order valence-electron chi connectivity index (χ0n) is 22.0. The fourth-order valence-electron chi connectivity index (χ4n) is 4.14. The lowest BCUT2D eigenvalue weighted by molar-refractivity contribution is -0.159. The topological polar surface area (TPSA) is 91.4 Å². The van der Waals surface area contributed by atoms with Crippen LogP contribution >= 0.6 is 0 Å². The molecule has 4 unspecified atom stereocenters. The third-order valence-corrected chi connectivity index (χ3v) is 6.40. The van der Waals surface area contributed by atoms with Crippen LogP contribution in [0.3, 0.4) is 0 Å². The van der Waals surface area contributed by atoms with Gasteiger partial charge in [-0.15, -0.1) is 0 Å². The van der Waals surface area contributed by atoms with Crippen LogP contribution in [0.25, 0.3) is 0 Å². The Bertz CT molecular complexity index is 998. The minimum atomic E-state index is -0.626. The number of hydrogen-bond donors (Lipinski definition) is 0. The van der Waals surface area contributed by atoms with Crippen LogP contribution in [0.2, 0.25) is 0 Å². The van der Waals surface area contributed by atoms with Crippen LogP contribution in [-0.2, 0) is 46.2 Å². The molecule has 0 radical (unpaired) electrons. The maximum atomic E-state index is 12.9. The third-order valence-electron chi connectivity index (χ3n) is 6.40. The number of ketones is 1. The van der Waals surface area contributed by atoms with Crippen LogP contribution in [-0.4, -0.2) is 49.8 Å². The first-order chi connectivity index (χ1) is 17.8. The summed E-state index contributed by atoms with van der Waals surface area (Å²) in [5, 5.41) is 0. The quantitative estimate of drug-likeness (QED) is 0.233. The number of methoxy groups -OCH3 is 1. The van der Waals surface area contributed by atoms with Gasteiger partial charge in [-0.1, -0.05) is 54.6 Å². The van der Waals surface area contributed by atoms with Crippen LogP contribution in [0.1, 0.15) is 68.7 Å². The summed E-state index contributed by atoms with van der Waals surface area (Å²) in [5.74, 6) is -0.932. The van der Waals surface area contributed by atoms with Crippen LogP contribution in [0.4, 0.5) is 0 Å². The molecule has 0 bridgehead atoms. The lowest BCUT2D eigenvalue weighted by Crippen LogP contribution is -2.28. The Labute approximate surface area is 219 Å². The zero-order valence-corrected chi connectivity index (χ0v) is 22.0. The molecule has 0 N–H and O–H groups in total. The first-order valence-corrected chi connectivity index (χ1v) is 13.0. The van der Waals surface area contributed by atoms with Gasteiger partial charge in [-0.25, -0.2) is 0 Å². The minimum absolute atomic E-state index is 0.0420. The van der Waals surface area contributed by atoms with Gasteiger partial charge in [-0.3, -0.25) is 14.4 Å². The second kappa shape index (κ2) is 14.6. The highest BCUT2D eigenvalue weighted by Crippen LogP contribution is 2.29. The summed E-state index contributed by atoms with van der Waals surface area (Å²) in [6, 6.07) is 18.0. The van der Waals surface area contributed by atoms with Crippen molar-refractivity contribution < 1.29 is 33.3 Å². The Kier molecular flexibility index (Phi) is 11.3. The van der Waals surface area contributed by atoms with Gasteiger partial charge in [-0.05, 0) is 56.2 Å². The normalized spacial score (nSPS) is 16.9. The number of ether oxygens (including phenoxy) is 4. The van der Waals surface area contributed by atoms with Crippen molar-refractivity contribution in [1.82, 2.24) is 0 Å². The monoisotopic (exact) mass is 510 g/mol. The van der Waals surface area contributed by atoms with Gasteiger partial charge >= 0.3 is 11.9 Å². The van der Waals surface area contributed by atoms with Gasteiger partial charge in [0.05, 0.1) is 25.6 Å². The fraction of sp³-hybridized carbons (Fsp3) is 0.500. The largest absolute Gasteiger partial charge is 0.462 e. The average Bonchev–Trinajstić information content (AvgIpc) is 3.72. The zero-order chi connectivity index (χ0) is 26.6. The van der Waals surface area contributed by atoms with Crippen molar-refractivity contribution in [2.75, 3.05) is 13.7 Å². The highest BCUT2D eigenvalue weighted by molar-refractivity contribution is 5.77. The van der Waals surface area contributed by atoms with E-state index in [1.807, 2.05) is 42.5 Å². The molecule has 1 aliphatic heterocycles. The molecular weight excluding hydrogens is 472 g/mol. The van der Waals surface area contributed by atoms with Crippen LogP contribution < -0.4 is 0 Å². The standard InChI is InChI=1S/C30H38O7/c1-21(31)17-26(15-12-24-9-13-25(14-10-24)28-20-35-28)36-30(33)19-27(37-29(32)18-22(2)34-3)16-11-23-7-5-4-6-8-23/h4-10,13-14,22,26-28H,11-12,15-20H2,1-3H3. The Morgan fingerprint density at radius 3 is 1.92 bits per heavy atom. The van der Waals surface area contributed by atoms with Gasteiger partial charge in [0.2, 0.25) is 0 Å². The van der Waals surface area contributed by atoms with Crippen LogP contribution in [0, 0.1) is 0 Å². The molecule has 3 rings (SSSR count). The van der Waals surface area contributed by atoms with E-state index in [-0.39, 0.29) is 37.3 Å². The summed E-state index contributed by atoms with van der Waals surface area (Å²) in [5.41, 5.74) is 3.36. The Morgan fingerprint density at radius 2 is 1.38 bits per heavy atom. The molecule has 1 heterocycles. The van der Waals surface area contributed by atoms with Crippen molar-refractivity contribution in [2.24, 2.45) is 0 Å². The number of aryl methyl sites for hydroxylation is 2. The number of esters is 2. The molecule has 1 saturated heterocycles. The molecule has 0 aliphatic carbocycles. The Morgan fingerprint density at radius 1 is 0.838 bits per heavy atom. The number of carbonyl (C=O) groups excluding carboxylic acids is 3. The number of hydrogen-bond acceptors (Lipinski definition) is 7. The molecule has 1 fully saturated rings. The molecular formula is C30H38O7. The second-order valence-corrected chi connectivity index (χ2v) is 9.71. The second-order valence-electron chi connectivity index (χ2n) is 9.71. The highest BCUT2D eigenvalue weighted by atomic mass is 16.6. The van der Waals surface area contributed by atoms with E-state index >= 15 is 0 Å². The first kappa shape index (κ1) is 28.5. The van der Waals surface area contributed by atoms with E-state index in [1.54, 1.807) is 6.92 Å². The van der Waals surface area contributed by atoms with Crippen molar-refractivity contribution in [3.63, 3.8) is 0 Å². The minimum Gasteiger partial charge on any atom is -0.462 e. The predicted octanol–water partition coefficient (Wildman–Crippen LogP) is 4.94. The van der Waals surface area contributed by atoms with Crippen molar-refractivity contribution in [2.45, 2.75) is 83.2 Å². The van der Waals surface area contributed by atoms with Crippen LogP contribution in [0.5, 0.6) is 0 Å². The molecule has 1 aliphatic rings. The summed E-state index contributed by atoms with van der Waals surface area (Å²) in [6.07, 6.45) is 1.32. The lowest BCUT2D eigenvalue weighted by Gasteiger charge is -2.21.